The highest BCUT2D eigenvalue weighted by Crippen LogP contribution is 2.33. The first-order chi connectivity index (χ1) is 9.79. The summed E-state index contributed by atoms with van der Waals surface area (Å²) in [6, 6.07) is 0.0115. The molecule has 0 radical (unpaired) electrons. The molecule has 0 unspecified atom stereocenters. The van der Waals surface area contributed by atoms with Crippen molar-refractivity contribution < 1.29 is 9.32 Å². The van der Waals surface area contributed by atoms with Gasteiger partial charge >= 0.3 is 0 Å². The van der Waals surface area contributed by atoms with Gasteiger partial charge in [0.1, 0.15) is 0 Å². The second-order valence-electron chi connectivity index (χ2n) is 5.57. The molecule has 5 heteroatoms. The third-order valence-corrected chi connectivity index (χ3v) is 4.24. The van der Waals surface area contributed by atoms with E-state index in [1.807, 2.05) is 11.8 Å². The number of carbonyl (C=O) groups excluding carboxylic acids is 1. The van der Waals surface area contributed by atoms with Crippen molar-refractivity contribution in [2.75, 3.05) is 6.54 Å². The number of hydrogen-bond donors (Lipinski definition) is 0. The Morgan fingerprint density at radius 1 is 1.45 bits per heavy atom. The van der Waals surface area contributed by atoms with Crippen LogP contribution in [0, 0.1) is 5.92 Å². The Bertz CT molecular complexity index is 509. The monoisotopic (exact) mass is 275 g/mol. The third kappa shape index (κ3) is 2.49. The summed E-state index contributed by atoms with van der Waals surface area (Å²) in [4.78, 5) is 19.0. The van der Waals surface area contributed by atoms with Crippen molar-refractivity contribution >= 4 is 5.91 Å². The SMILES string of the molecule is CCc1nc([C@@H]2CCCN2C(=O)[C@@H]2CC=CCC2)no1. The molecular formula is C15H21N3O2. The molecule has 1 aromatic heterocycles. The number of carbonyl (C=O) groups is 1. The van der Waals surface area contributed by atoms with E-state index in [0.717, 1.165) is 45.1 Å². The minimum Gasteiger partial charge on any atom is -0.339 e. The van der Waals surface area contributed by atoms with Gasteiger partial charge in [-0.1, -0.05) is 24.2 Å². The van der Waals surface area contributed by atoms with Crippen molar-refractivity contribution in [2.24, 2.45) is 5.92 Å². The molecule has 1 fully saturated rings. The molecule has 0 spiro atoms. The van der Waals surface area contributed by atoms with E-state index >= 15 is 0 Å². The third-order valence-electron chi connectivity index (χ3n) is 4.24. The lowest BCUT2D eigenvalue weighted by molar-refractivity contribution is -0.136. The zero-order valence-corrected chi connectivity index (χ0v) is 11.9. The van der Waals surface area contributed by atoms with Crippen LogP contribution in [0.2, 0.25) is 0 Å². The van der Waals surface area contributed by atoms with E-state index in [9.17, 15) is 4.79 Å². The van der Waals surface area contributed by atoms with Crippen molar-refractivity contribution in [1.29, 1.82) is 0 Å². The Morgan fingerprint density at radius 2 is 2.35 bits per heavy atom. The van der Waals surface area contributed by atoms with Crippen LogP contribution in [0.4, 0.5) is 0 Å². The quantitative estimate of drug-likeness (QED) is 0.796. The fourth-order valence-corrected chi connectivity index (χ4v) is 3.10. The second-order valence-corrected chi connectivity index (χ2v) is 5.57. The maximum absolute atomic E-state index is 12.7. The number of allylic oxidation sites excluding steroid dienone is 2. The van der Waals surface area contributed by atoms with Crippen LogP contribution >= 0.6 is 0 Å². The van der Waals surface area contributed by atoms with Crippen LogP contribution in [-0.2, 0) is 11.2 Å². The molecule has 1 aliphatic carbocycles. The van der Waals surface area contributed by atoms with E-state index in [2.05, 4.69) is 22.3 Å². The molecule has 0 saturated carbocycles. The zero-order valence-electron chi connectivity index (χ0n) is 11.9. The summed E-state index contributed by atoms with van der Waals surface area (Å²) in [5.41, 5.74) is 0. The molecule has 3 rings (SSSR count). The topological polar surface area (TPSA) is 59.2 Å². The van der Waals surface area contributed by atoms with Crippen molar-refractivity contribution in [3.8, 4) is 0 Å². The molecule has 2 aliphatic rings. The van der Waals surface area contributed by atoms with E-state index in [1.54, 1.807) is 0 Å². The Morgan fingerprint density at radius 3 is 3.05 bits per heavy atom. The van der Waals surface area contributed by atoms with Crippen molar-refractivity contribution in [1.82, 2.24) is 15.0 Å². The van der Waals surface area contributed by atoms with E-state index in [-0.39, 0.29) is 17.9 Å². The minimum atomic E-state index is 0.0115. The molecule has 1 saturated heterocycles. The Hall–Kier alpha value is -1.65. The summed E-state index contributed by atoms with van der Waals surface area (Å²) in [6.07, 6.45) is 9.84. The van der Waals surface area contributed by atoms with Crippen LogP contribution in [0.3, 0.4) is 0 Å². The van der Waals surface area contributed by atoms with Gasteiger partial charge in [-0.05, 0) is 32.1 Å². The molecule has 2 atom stereocenters. The van der Waals surface area contributed by atoms with Crippen LogP contribution in [0.5, 0.6) is 0 Å². The maximum Gasteiger partial charge on any atom is 0.226 e. The van der Waals surface area contributed by atoms with Gasteiger partial charge in [-0.15, -0.1) is 0 Å². The zero-order chi connectivity index (χ0) is 13.9. The van der Waals surface area contributed by atoms with Gasteiger partial charge in [-0.3, -0.25) is 4.79 Å². The van der Waals surface area contributed by atoms with Crippen LogP contribution < -0.4 is 0 Å². The smallest absolute Gasteiger partial charge is 0.226 e. The lowest BCUT2D eigenvalue weighted by atomic mass is 9.93. The normalized spacial score (nSPS) is 26.1. The highest BCUT2D eigenvalue weighted by molar-refractivity contribution is 5.79. The minimum absolute atomic E-state index is 0.0115. The summed E-state index contributed by atoms with van der Waals surface area (Å²) in [6.45, 7) is 2.81. The first-order valence-electron chi connectivity index (χ1n) is 7.57. The van der Waals surface area contributed by atoms with Gasteiger partial charge in [0.2, 0.25) is 11.8 Å². The predicted octanol–water partition coefficient (Wildman–Crippen LogP) is 2.65. The van der Waals surface area contributed by atoms with Crippen molar-refractivity contribution in [3.63, 3.8) is 0 Å². The molecule has 0 N–H and O–H groups in total. The fourth-order valence-electron chi connectivity index (χ4n) is 3.10. The molecule has 0 bridgehead atoms. The highest BCUT2D eigenvalue weighted by Gasteiger charge is 2.36. The first-order valence-corrected chi connectivity index (χ1v) is 7.57. The Kier molecular flexibility index (Phi) is 3.85. The first kappa shape index (κ1) is 13.3. The Balaban J connectivity index is 1.74. The molecular weight excluding hydrogens is 254 g/mol. The van der Waals surface area contributed by atoms with E-state index in [0.29, 0.717) is 11.7 Å². The number of aryl methyl sites for hydroxylation is 1. The molecule has 5 nitrogen and oxygen atoms in total. The van der Waals surface area contributed by atoms with Gasteiger partial charge in [0.15, 0.2) is 5.82 Å². The summed E-state index contributed by atoms with van der Waals surface area (Å²) in [5.74, 6) is 1.73. The molecule has 1 aliphatic heterocycles. The fraction of sp³-hybridized carbons (Fsp3) is 0.667. The molecule has 20 heavy (non-hydrogen) atoms. The van der Waals surface area contributed by atoms with Gasteiger partial charge in [0.25, 0.3) is 0 Å². The van der Waals surface area contributed by atoms with Crippen LogP contribution in [0.25, 0.3) is 0 Å². The van der Waals surface area contributed by atoms with Gasteiger partial charge in [0.05, 0.1) is 6.04 Å². The lowest BCUT2D eigenvalue weighted by Gasteiger charge is -2.27. The summed E-state index contributed by atoms with van der Waals surface area (Å²) < 4.78 is 5.19. The largest absolute Gasteiger partial charge is 0.339 e. The summed E-state index contributed by atoms with van der Waals surface area (Å²) in [5, 5.41) is 4.05. The predicted molar refractivity (Wildman–Crippen MR) is 73.8 cm³/mol. The number of hydrogen-bond acceptors (Lipinski definition) is 4. The summed E-state index contributed by atoms with van der Waals surface area (Å²) >= 11 is 0. The molecule has 108 valence electrons. The number of rotatable bonds is 3. The molecule has 0 aromatic carbocycles. The Labute approximate surface area is 119 Å². The lowest BCUT2D eigenvalue weighted by Crippen LogP contribution is -2.36. The van der Waals surface area contributed by atoms with Gasteiger partial charge in [-0.2, -0.15) is 4.98 Å². The number of amides is 1. The van der Waals surface area contributed by atoms with Gasteiger partial charge in [0, 0.05) is 18.9 Å². The summed E-state index contributed by atoms with van der Waals surface area (Å²) in [7, 11) is 0. The number of nitrogens with zero attached hydrogens (tertiary/aromatic N) is 3. The average molecular weight is 275 g/mol. The van der Waals surface area contributed by atoms with Crippen molar-refractivity contribution in [2.45, 2.75) is 51.5 Å². The van der Waals surface area contributed by atoms with Crippen LogP contribution in [-0.4, -0.2) is 27.5 Å². The molecule has 2 heterocycles. The average Bonchev–Trinajstić information content (AvgIpc) is 3.15. The number of aromatic nitrogens is 2. The molecule has 1 aromatic rings. The highest BCUT2D eigenvalue weighted by atomic mass is 16.5. The van der Waals surface area contributed by atoms with Gasteiger partial charge in [-0.25, -0.2) is 0 Å². The second kappa shape index (κ2) is 5.77. The van der Waals surface area contributed by atoms with E-state index < -0.39 is 0 Å². The van der Waals surface area contributed by atoms with E-state index in [4.69, 9.17) is 4.52 Å². The molecule has 1 amide bonds. The standard InChI is InChI=1S/C15H21N3O2/c1-2-13-16-14(17-20-13)12-9-6-10-18(12)15(19)11-7-4-3-5-8-11/h3-4,11-12H,2,5-10H2,1H3/t11-,12+/m1/s1. The van der Waals surface area contributed by atoms with E-state index in [1.165, 1.54) is 0 Å². The number of likely N-dealkylation sites (tertiary alicyclic amines) is 1. The van der Waals surface area contributed by atoms with Crippen LogP contribution in [0.1, 0.15) is 56.8 Å². The maximum atomic E-state index is 12.7. The van der Waals surface area contributed by atoms with Gasteiger partial charge < -0.3 is 9.42 Å². The van der Waals surface area contributed by atoms with Crippen LogP contribution in [0.15, 0.2) is 16.7 Å². The van der Waals surface area contributed by atoms with Crippen molar-refractivity contribution in [3.05, 3.63) is 23.9 Å².